The molecule has 1 aromatic heterocycles. The molecule has 1 fully saturated rings. The van der Waals surface area contributed by atoms with Crippen molar-refractivity contribution in [3.05, 3.63) is 59.8 Å². The van der Waals surface area contributed by atoms with Crippen molar-refractivity contribution in [1.82, 2.24) is 30.0 Å². The number of fused-ring (bicyclic) bond motifs is 8. The van der Waals surface area contributed by atoms with Gasteiger partial charge in [-0.25, -0.2) is 9.97 Å². The van der Waals surface area contributed by atoms with Crippen LogP contribution >= 0.6 is 0 Å². The number of nitrogens with one attached hydrogen (secondary N) is 2. The Morgan fingerprint density at radius 1 is 0.872 bits per heavy atom. The summed E-state index contributed by atoms with van der Waals surface area (Å²) >= 11 is 0. The number of ether oxygens (including phenoxy) is 2. The molecule has 3 aliphatic heterocycles. The summed E-state index contributed by atoms with van der Waals surface area (Å²) < 4.78 is 11.2. The highest BCUT2D eigenvalue weighted by molar-refractivity contribution is 5.78. The van der Waals surface area contributed by atoms with Crippen LogP contribution in [0, 0.1) is 0 Å². The number of hydrogen-bond acceptors (Lipinski definition) is 9. The van der Waals surface area contributed by atoms with Crippen molar-refractivity contribution in [2.75, 3.05) is 72.4 Å². The van der Waals surface area contributed by atoms with Gasteiger partial charge in [-0.1, -0.05) is 0 Å². The first-order valence-electron chi connectivity index (χ1n) is 13.3. The maximum Gasteiger partial charge on any atom is 0.234 e. The fourth-order valence-electron chi connectivity index (χ4n) is 5.09. The van der Waals surface area contributed by atoms with E-state index < -0.39 is 0 Å². The fourth-order valence-corrected chi connectivity index (χ4v) is 5.09. The first kappa shape index (κ1) is 26.9. The average molecular weight is 532 g/mol. The second-order valence-corrected chi connectivity index (χ2v) is 10.1. The summed E-state index contributed by atoms with van der Waals surface area (Å²) in [6.07, 6.45) is 1.77. The van der Waals surface area contributed by atoms with E-state index in [4.69, 9.17) is 14.5 Å². The van der Waals surface area contributed by atoms with Crippen molar-refractivity contribution in [2.24, 2.45) is 0 Å². The first-order valence-corrected chi connectivity index (χ1v) is 13.3. The van der Waals surface area contributed by atoms with Gasteiger partial charge in [0.25, 0.3) is 0 Å². The molecular formula is C29H37N7O3. The van der Waals surface area contributed by atoms with Gasteiger partial charge in [-0.05, 0) is 49.0 Å². The van der Waals surface area contributed by atoms with Gasteiger partial charge in [-0.3, -0.25) is 14.6 Å². The van der Waals surface area contributed by atoms with E-state index in [1.165, 1.54) is 0 Å². The number of amides is 1. The Morgan fingerprint density at radius 3 is 2.44 bits per heavy atom. The molecule has 8 bridgehead atoms. The van der Waals surface area contributed by atoms with Crippen LogP contribution in [0.25, 0.3) is 11.3 Å². The van der Waals surface area contributed by atoms with Gasteiger partial charge in [-0.15, -0.1) is 0 Å². The Morgan fingerprint density at radius 2 is 1.67 bits per heavy atom. The van der Waals surface area contributed by atoms with Crippen LogP contribution < -0.4 is 20.1 Å². The highest BCUT2D eigenvalue weighted by Crippen LogP contribution is 2.28. The van der Waals surface area contributed by atoms with Gasteiger partial charge >= 0.3 is 0 Å². The lowest BCUT2D eigenvalue weighted by Crippen LogP contribution is -2.49. The number of nitrogens with zero attached hydrogens (tertiary/aromatic N) is 5. The van der Waals surface area contributed by atoms with Gasteiger partial charge in [0.1, 0.15) is 11.5 Å². The molecule has 0 unspecified atom stereocenters. The number of benzene rings is 2. The molecule has 1 amide bonds. The van der Waals surface area contributed by atoms with Crippen molar-refractivity contribution in [3.63, 3.8) is 0 Å². The van der Waals surface area contributed by atoms with E-state index in [2.05, 4.69) is 48.5 Å². The van der Waals surface area contributed by atoms with Crippen molar-refractivity contribution in [1.29, 1.82) is 0 Å². The van der Waals surface area contributed by atoms with E-state index in [1.54, 1.807) is 20.4 Å². The van der Waals surface area contributed by atoms with Crippen LogP contribution in [0.3, 0.4) is 0 Å². The number of methoxy groups -OCH3 is 2. The van der Waals surface area contributed by atoms with Crippen molar-refractivity contribution in [2.45, 2.75) is 13.1 Å². The Labute approximate surface area is 229 Å². The normalized spacial score (nSPS) is 20.6. The smallest absolute Gasteiger partial charge is 0.234 e. The van der Waals surface area contributed by atoms with Gasteiger partial charge in [0.05, 0.1) is 26.5 Å². The van der Waals surface area contributed by atoms with Crippen LogP contribution in [0.2, 0.25) is 0 Å². The lowest BCUT2D eigenvalue weighted by Gasteiger charge is -2.34. The zero-order valence-corrected chi connectivity index (χ0v) is 22.9. The molecule has 0 aliphatic carbocycles. The second kappa shape index (κ2) is 12.4. The van der Waals surface area contributed by atoms with Gasteiger partial charge in [0.2, 0.25) is 11.9 Å². The molecule has 3 aliphatic rings. The SMILES string of the molecule is COc1cc2cc(c1)Nc1nccc(n1)-c1ccc(OC)c(c1)CN(C)CCNC(=O)CN1CCN(CC1)C2. The monoisotopic (exact) mass is 531 g/mol. The Hall–Kier alpha value is -3.73. The minimum absolute atomic E-state index is 0.0710. The molecule has 6 rings (SSSR count). The molecule has 3 aromatic rings. The first-order chi connectivity index (χ1) is 19.0. The summed E-state index contributed by atoms with van der Waals surface area (Å²) in [6, 6.07) is 14.1. The molecule has 2 aromatic carbocycles. The zero-order valence-electron chi connectivity index (χ0n) is 22.9. The molecular weight excluding hydrogens is 494 g/mol. The van der Waals surface area contributed by atoms with E-state index in [9.17, 15) is 4.79 Å². The quantitative estimate of drug-likeness (QED) is 0.517. The summed E-state index contributed by atoms with van der Waals surface area (Å²) in [6.45, 7) is 6.76. The topological polar surface area (TPSA) is 95.1 Å². The Bertz CT molecular complexity index is 1290. The fraction of sp³-hybridized carbons (Fsp3) is 0.414. The molecule has 0 spiro atoms. The molecule has 206 valence electrons. The van der Waals surface area contributed by atoms with Gasteiger partial charge < -0.3 is 25.0 Å². The summed E-state index contributed by atoms with van der Waals surface area (Å²) in [5.41, 5.74) is 4.86. The summed E-state index contributed by atoms with van der Waals surface area (Å²) in [4.78, 5) is 28.7. The maximum atomic E-state index is 12.6. The minimum Gasteiger partial charge on any atom is -0.497 e. The third-order valence-corrected chi connectivity index (χ3v) is 7.18. The van der Waals surface area contributed by atoms with Crippen LogP contribution in [-0.2, 0) is 17.9 Å². The van der Waals surface area contributed by atoms with E-state index >= 15 is 0 Å². The number of carbonyl (C=O) groups excluding carboxylic acids is 1. The molecule has 1 saturated heterocycles. The molecule has 0 saturated carbocycles. The summed E-state index contributed by atoms with van der Waals surface area (Å²) in [5.74, 6) is 2.19. The number of rotatable bonds is 2. The molecule has 2 N–H and O–H groups in total. The minimum atomic E-state index is 0.0710. The summed E-state index contributed by atoms with van der Waals surface area (Å²) in [7, 11) is 5.41. The van der Waals surface area contributed by atoms with Gasteiger partial charge in [0.15, 0.2) is 0 Å². The molecule has 4 heterocycles. The predicted molar refractivity (Wildman–Crippen MR) is 151 cm³/mol. The van der Waals surface area contributed by atoms with E-state index in [1.807, 2.05) is 31.3 Å². The number of carbonyl (C=O) groups is 1. The van der Waals surface area contributed by atoms with Crippen molar-refractivity contribution in [3.8, 4) is 22.8 Å². The molecule has 0 radical (unpaired) electrons. The standard InChI is InChI=1S/C29H37N7O3/c1-34-9-8-30-28(37)20-36-12-10-35(11-13-36)18-21-14-24(17-25(15-21)38-2)32-29-31-7-6-26(33-29)22-4-5-27(39-3)23(16-22)19-34/h4-7,14-17H,8-13,18-20H2,1-3H3,(H,30,37)(H,31,32,33). The molecule has 10 nitrogen and oxygen atoms in total. The van der Waals surface area contributed by atoms with E-state index in [-0.39, 0.29) is 5.91 Å². The number of anilines is 2. The number of aromatic nitrogens is 2. The molecule has 0 atom stereocenters. The Balaban J connectivity index is 1.46. The van der Waals surface area contributed by atoms with E-state index in [0.717, 1.165) is 78.8 Å². The van der Waals surface area contributed by atoms with Crippen molar-refractivity contribution < 1.29 is 14.3 Å². The predicted octanol–water partition coefficient (Wildman–Crippen LogP) is 2.58. The highest BCUT2D eigenvalue weighted by Gasteiger charge is 2.20. The lowest BCUT2D eigenvalue weighted by molar-refractivity contribution is -0.122. The number of hydrogen-bond donors (Lipinski definition) is 2. The average Bonchev–Trinajstić information content (AvgIpc) is 2.93. The molecule has 10 heteroatoms. The highest BCUT2D eigenvalue weighted by atomic mass is 16.5. The van der Waals surface area contributed by atoms with Gasteiger partial charge in [-0.2, -0.15) is 0 Å². The van der Waals surface area contributed by atoms with Crippen molar-refractivity contribution >= 4 is 17.5 Å². The van der Waals surface area contributed by atoms with Crippen LogP contribution in [-0.4, -0.2) is 97.7 Å². The van der Waals surface area contributed by atoms with Gasteiger partial charge in [0, 0.05) is 81.4 Å². The maximum absolute atomic E-state index is 12.6. The summed E-state index contributed by atoms with van der Waals surface area (Å²) in [5, 5.41) is 6.46. The largest absolute Gasteiger partial charge is 0.497 e. The lowest BCUT2D eigenvalue weighted by atomic mass is 10.1. The van der Waals surface area contributed by atoms with Crippen LogP contribution in [0.5, 0.6) is 11.5 Å². The third kappa shape index (κ3) is 7.03. The second-order valence-electron chi connectivity index (χ2n) is 10.1. The zero-order chi connectivity index (χ0) is 27.2. The van der Waals surface area contributed by atoms with E-state index in [0.29, 0.717) is 25.6 Å². The van der Waals surface area contributed by atoms with Crippen LogP contribution in [0.15, 0.2) is 48.7 Å². The number of likely N-dealkylation sites (N-methyl/N-ethyl adjacent to an activating group) is 1. The Kier molecular flexibility index (Phi) is 8.55. The third-order valence-electron chi connectivity index (χ3n) is 7.18. The molecule has 39 heavy (non-hydrogen) atoms. The number of piperazine rings is 1. The van der Waals surface area contributed by atoms with Crippen LogP contribution in [0.1, 0.15) is 11.1 Å². The van der Waals surface area contributed by atoms with Crippen LogP contribution in [0.4, 0.5) is 11.6 Å².